The van der Waals surface area contributed by atoms with Gasteiger partial charge in [-0.3, -0.25) is 0 Å². The van der Waals surface area contributed by atoms with Crippen molar-refractivity contribution >= 4 is 9.84 Å². The molecule has 0 aromatic heterocycles. The quantitative estimate of drug-likeness (QED) is 0.823. The van der Waals surface area contributed by atoms with Gasteiger partial charge in [0.05, 0.1) is 17.2 Å². The molecule has 4 heteroatoms. The Morgan fingerprint density at radius 2 is 1.88 bits per heavy atom. The Morgan fingerprint density at radius 3 is 2.35 bits per heavy atom. The lowest BCUT2D eigenvalue weighted by Gasteiger charge is -2.01. The van der Waals surface area contributed by atoms with Gasteiger partial charge in [0, 0.05) is 11.7 Å². The molecule has 17 heavy (non-hydrogen) atoms. The summed E-state index contributed by atoms with van der Waals surface area (Å²) in [6.07, 6.45) is 0. The summed E-state index contributed by atoms with van der Waals surface area (Å²) in [6.45, 7) is 3.62. The van der Waals surface area contributed by atoms with E-state index in [4.69, 9.17) is 5.26 Å². The second-order valence-corrected chi connectivity index (χ2v) is 6.95. The highest BCUT2D eigenvalue weighted by Crippen LogP contribution is 2.52. The van der Waals surface area contributed by atoms with Crippen LogP contribution in [0.3, 0.4) is 0 Å². The van der Waals surface area contributed by atoms with Gasteiger partial charge in [-0.1, -0.05) is 36.8 Å². The molecule has 3 nitrogen and oxygen atoms in total. The van der Waals surface area contributed by atoms with Gasteiger partial charge < -0.3 is 0 Å². The third kappa shape index (κ3) is 2.07. The van der Waals surface area contributed by atoms with E-state index in [0.717, 1.165) is 11.1 Å². The van der Waals surface area contributed by atoms with Crippen LogP contribution in [0, 0.1) is 24.2 Å². The topological polar surface area (TPSA) is 57.9 Å². The van der Waals surface area contributed by atoms with Gasteiger partial charge in [0.15, 0.2) is 9.84 Å². The standard InChI is InChI=1S/C13H15NO2S/c1-3-17(15,16)13-11(8-14)12(13)10-6-4-9(2)5-7-10/h4-7,11-13H,3H2,1-2H3/t11-,12+,13+/m1/s1. The summed E-state index contributed by atoms with van der Waals surface area (Å²) in [5.41, 5.74) is 2.10. The van der Waals surface area contributed by atoms with Crippen molar-refractivity contribution in [2.75, 3.05) is 5.75 Å². The number of sulfone groups is 1. The van der Waals surface area contributed by atoms with Crippen molar-refractivity contribution in [3.05, 3.63) is 35.4 Å². The molecule has 1 fully saturated rings. The number of benzene rings is 1. The summed E-state index contributed by atoms with van der Waals surface area (Å²) in [7, 11) is -3.12. The van der Waals surface area contributed by atoms with Crippen molar-refractivity contribution in [3.8, 4) is 6.07 Å². The molecule has 0 spiro atoms. The zero-order valence-electron chi connectivity index (χ0n) is 9.92. The van der Waals surface area contributed by atoms with E-state index in [1.165, 1.54) is 0 Å². The molecule has 0 amide bonds. The Morgan fingerprint density at radius 1 is 1.29 bits per heavy atom. The fourth-order valence-electron chi connectivity index (χ4n) is 2.26. The third-order valence-electron chi connectivity index (χ3n) is 3.38. The minimum Gasteiger partial charge on any atom is -0.228 e. The van der Waals surface area contributed by atoms with E-state index in [0.29, 0.717) is 0 Å². The molecule has 90 valence electrons. The number of hydrogen-bond acceptors (Lipinski definition) is 3. The van der Waals surface area contributed by atoms with Crippen molar-refractivity contribution in [3.63, 3.8) is 0 Å². The summed E-state index contributed by atoms with van der Waals surface area (Å²) in [4.78, 5) is 0. The molecular formula is C13H15NO2S. The van der Waals surface area contributed by atoms with Crippen LogP contribution in [-0.4, -0.2) is 19.4 Å². The number of nitriles is 1. The fourth-order valence-corrected chi connectivity index (χ4v) is 4.01. The maximum atomic E-state index is 11.8. The minimum atomic E-state index is -3.12. The molecule has 1 saturated carbocycles. The number of hydrogen-bond donors (Lipinski definition) is 0. The van der Waals surface area contributed by atoms with Gasteiger partial charge in [0.25, 0.3) is 0 Å². The van der Waals surface area contributed by atoms with E-state index in [9.17, 15) is 8.42 Å². The predicted octanol–water partition coefficient (Wildman–Crippen LogP) is 2.04. The van der Waals surface area contributed by atoms with Gasteiger partial charge >= 0.3 is 0 Å². The first-order valence-corrected chi connectivity index (χ1v) is 7.40. The second-order valence-electron chi connectivity index (χ2n) is 4.51. The van der Waals surface area contributed by atoms with Crippen LogP contribution in [0.25, 0.3) is 0 Å². The van der Waals surface area contributed by atoms with Gasteiger partial charge in [0.1, 0.15) is 0 Å². The Balaban J connectivity index is 2.30. The first-order chi connectivity index (χ1) is 8.01. The van der Waals surface area contributed by atoms with Crippen LogP contribution in [0.1, 0.15) is 24.0 Å². The smallest absolute Gasteiger partial charge is 0.154 e. The van der Waals surface area contributed by atoms with Crippen molar-refractivity contribution < 1.29 is 8.42 Å². The maximum absolute atomic E-state index is 11.8. The number of rotatable bonds is 3. The average molecular weight is 249 g/mol. The zero-order chi connectivity index (χ0) is 12.6. The molecule has 0 N–H and O–H groups in total. The monoisotopic (exact) mass is 249 g/mol. The summed E-state index contributed by atoms with van der Waals surface area (Å²) < 4.78 is 23.7. The highest BCUT2D eigenvalue weighted by molar-refractivity contribution is 7.92. The van der Waals surface area contributed by atoms with Crippen LogP contribution < -0.4 is 0 Å². The molecule has 0 bridgehead atoms. The summed E-state index contributed by atoms with van der Waals surface area (Å²) in [6, 6.07) is 9.88. The van der Waals surface area contributed by atoms with Crippen LogP contribution in [0.15, 0.2) is 24.3 Å². The van der Waals surface area contributed by atoms with Crippen molar-refractivity contribution in [1.29, 1.82) is 5.26 Å². The van der Waals surface area contributed by atoms with E-state index < -0.39 is 15.1 Å². The first kappa shape index (κ1) is 12.1. The van der Waals surface area contributed by atoms with Gasteiger partial charge in [-0.25, -0.2) is 8.42 Å². The van der Waals surface area contributed by atoms with Gasteiger partial charge in [-0.2, -0.15) is 5.26 Å². The Kier molecular flexibility index (Phi) is 2.96. The number of aryl methyl sites for hydroxylation is 1. The van der Waals surface area contributed by atoms with E-state index in [1.54, 1.807) is 6.92 Å². The van der Waals surface area contributed by atoms with Crippen molar-refractivity contribution in [1.82, 2.24) is 0 Å². The van der Waals surface area contributed by atoms with Crippen LogP contribution in [-0.2, 0) is 9.84 Å². The molecule has 1 aromatic rings. The molecule has 2 rings (SSSR count). The predicted molar refractivity (Wildman–Crippen MR) is 66.3 cm³/mol. The molecule has 0 saturated heterocycles. The van der Waals surface area contributed by atoms with E-state index >= 15 is 0 Å². The van der Waals surface area contributed by atoms with Crippen molar-refractivity contribution in [2.24, 2.45) is 5.92 Å². The molecular weight excluding hydrogens is 234 g/mol. The summed E-state index contributed by atoms with van der Waals surface area (Å²) in [5, 5.41) is 8.51. The highest BCUT2D eigenvalue weighted by Gasteiger charge is 2.58. The SMILES string of the molecule is CCS(=O)(=O)[C@H]1[C@H](C#N)[C@@H]1c1ccc(C)cc1. The minimum absolute atomic E-state index is 0.109. The summed E-state index contributed by atoms with van der Waals surface area (Å²) in [5.74, 6) is -0.397. The van der Waals surface area contributed by atoms with Crippen molar-refractivity contribution in [2.45, 2.75) is 25.0 Å². The molecule has 0 heterocycles. The van der Waals surface area contributed by atoms with Crippen LogP contribution in [0.4, 0.5) is 0 Å². The molecule has 1 aromatic carbocycles. The van der Waals surface area contributed by atoms with Crippen LogP contribution in [0.5, 0.6) is 0 Å². The number of nitrogens with zero attached hydrogens (tertiary/aromatic N) is 1. The van der Waals surface area contributed by atoms with Crippen LogP contribution >= 0.6 is 0 Å². The van der Waals surface area contributed by atoms with Crippen LogP contribution in [0.2, 0.25) is 0 Å². The molecule has 0 unspecified atom stereocenters. The van der Waals surface area contributed by atoms with E-state index in [1.807, 2.05) is 31.2 Å². The zero-order valence-corrected chi connectivity index (χ0v) is 10.7. The Labute approximate surface area is 102 Å². The first-order valence-electron chi connectivity index (χ1n) is 5.69. The van der Waals surface area contributed by atoms with Gasteiger partial charge in [-0.15, -0.1) is 0 Å². The lowest BCUT2D eigenvalue weighted by Crippen LogP contribution is -2.12. The van der Waals surface area contributed by atoms with E-state index in [2.05, 4.69) is 6.07 Å². The fraction of sp³-hybridized carbons (Fsp3) is 0.462. The Bertz CT molecular complexity index is 554. The lowest BCUT2D eigenvalue weighted by molar-refractivity contribution is 0.594. The Hall–Kier alpha value is -1.34. The third-order valence-corrected chi connectivity index (χ3v) is 5.60. The normalized spacial score (nSPS) is 27.5. The maximum Gasteiger partial charge on any atom is 0.154 e. The van der Waals surface area contributed by atoms with Gasteiger partial charge in [-0.05, 0) is 12.5 Å². The van der Waals surface area contributed by atoms with Gasteiger partial charge in [0.2, 0.25) is 0 Å². The second kappa shape index (κ2) is 4.15. The highest BCUT2D eigenvalue weighted by atomic mass is 32.2. The molecule has 1 aliphatic rings. The molecule has 0 radical (unpaired) electrons. The molecule has 1 aliphatic carbocycles. The lowest BCUT2D eigenvalue weighted by atomic mass is 10.1. The van der Waals surface area contributed by atoms with E-state index in [-0.39, 0.29) is 17.6 Å². The molecule has 3 atom stereocenters. The average Bonchev–Trinajstić information content (AvgIpc) is 3.05. The summed E-state index contributed by atoms with van der Waals surface area (Å²) >= 11 is 0. The molecule has 0 aliphatic heterocycles. The largest absolute Gasteiger partial charge is 0.228 e.